The predicted octanol–water partition coefficient (Wildman–Crippen LogP) is 14.9. The van der Waals surface area contributed by atoms with Gasteiger partial charge in [-0.2, -0.15) is 0 Å². The lowest BCUT2D eigenvalue weighted by atomic mass is 9.96. The molecule has 0 radical (unpaired) electrons. The van der Waals surface area contributed by atoms with Crippen molar-refractivity contribution < 1.29 is 0 Å². The molecule has 1 heterocycles. The van der Waals surface area contributed by atoms with Gasteiger partial charge in [0, 0.05) is 33.5 Å². The highest BCUT2D eigenvalue weighted by Gasteiger charge is 2.20. The van der Waals surface area contributed by atoms with Crippen molar-refractivity contribution >= 4 is 38.9 Å². The molecular weight excluding hydrogens is 677 g/mol. The first-order chi connectivity index (χ1) is 27.8. The number of anilines is 3. The summed E-state index contributed by atoms with van der Waals surface area (Å²) in [6.45, 7) is 0. The SMILES string of the molecule is c1ccc(-c2cccc(N(c3cc(-c4ccccc4)cc(-c4ccccc4)c3)c3cccc(-c4cccc5c4c4ccccc4n5-c4ccccc4)c3)c2)cc1. The Morgan fingerprint density at radius 1 is 0.286 bits per heavy atom. The predicted molar refractivity (Wildman–Crippen MR) is 237 cm³/mol. The maximum atomic E-state index is 2.42. The van der Waals surface area contributed by atoms with Crippen molar-refractivity contribution in [3.05, 3.63) is 231 Å². The van der Waals surface area contributed by atoms with Crippen LogP contribution in [-0.2, 0) is 0 Å². The topological polar surface area (TPSA) is 8.17 Å². The minimum atomic E-state index is 1.08. The van der Waals surface area contributed by atoms with Gasteiger partial charge in [0.25, 0.3) is 0 Å². The molecule has 264 valence electrons. The van der Waals surface area contributed by atoms with E-state index >= 15 is 0 Å². The Bertz CT molecular complexity index is 2890. The van der Waals surface area contributed by atoms with E-state index in [9.17, 15) is 0 Å². The van der Waals surface area contributed by atoms with Crippen molar-refractivity contribution in [2.75, 3.05) is 4.90 Å². The van der Waals surface area contributed by atoms with Gasteiger partial charge < -0.3 is 9.47 Å². The summed E-state index contributed by atoms with van der Waals surface area (Å²) < 4.78 is 2.39. The third kappa shape index (κ3) is 6.14. The van der Waals surface area contributed by atoms with Gasteiger partial charge in [0.1, 0.15) is 0 Å². The van der Waals surface area contributed by atoms with Gasteiger partial charge in [-0.05, 0) is 111 Å². The van der Waals surface area contributed by atoms with E-state index in [0.29, 0.717) is 0 Å². The standard InChI is InChI=1S/C54H38N2/c1-5-18-39(19-6-1)42-24-15-28-47(35-42)55(49-37-44(40-20-7-2-8-21-40)34-45(38-49)41-22-9-3-10-23-41)48-29-16-25-43(36-48)50-31-17-33-53-54(50)51-30-13-14-32-52(51)56(53)46-26-11-4-12-27-46/h1-38H. The molecule has 0 fully saturated rings. The monoisotopic (exact) mass is 714 g/mol. The van der Waals surface area contributed by atoms with E-state index in [4.69, 9.17) is 0 Å². The second-order valence-electron chi connectivity index (χ2n) is 14.2. The smallest absolute Gasteiger partial charge is 0.0547 e. The van der Waals surface area contributed by atoms with Crippen LogP contribution in [0, 0.1) is 0 Å². The second kappa shape index (κ2) is 14.4. The number of nitrogens with zero attached hydrogens (tertiary/aromatic N) is 2. The van der Waals surface area contributed by atoms with Gasteiger partial charge in [-0.25, -0.2) is 0 Å². The van der Waals surface area contributed by atoms with Gasteiger partial charge >= 0.3 is 0 Å². The van der Waals surface area contributed by atoms with Gasteiger partial charge in [0.05, 0.1) is 11.0 Å². The fourth-order valence-corrected chi connectivity index (χ4v) is 8.16. The lowest BCUT2D eigenvalue weighted by Crippen LogP contribution is -2.10. The summed E-state index contributed by atoms with van der Waals surface area (Å²) in [5.74, 6) is 0. The summed E-state index contributed by atoms with van der Waals surface area (Å²) in [4.78, 5) is 2.42. The lowest BCUT2D eigenvalue weighted by molar-refractivity contribution is 1.18. The first kappa shape index (κ1) is 33.2. The molecule has 0 spiro atoms. The molecule has 56 heavy (non-hydrogen) atoms. The van der Waals surface area contributed by atoms with E-state index in [-0.39, 0.29) is 0 Å². The van der Waals surface area contributed by atoms with Crippen LogP contribution in [0.4, 0.5) is 17.1 Å². The molecule has 10 rings (SSSR count). The summed E-state index contributed by atoms with van der Waals surface area (Å²) in [5.41, 5.74) is 16.2. The summed E-state index contributed by atoms with van der Waals surface area (Å²) in [6, 6.07) is 83.1. The van der Waals surface area contributed by atoms with Crippen molar-refractivity contribution in [3.8, 4) is 50.2 Å². The highest BCUT2D eigenvalue weighted by atomic mass is 15.1. The van der Waals surface area contributed by atoms with Gasteiger partial charge in [0.2, 0.25) is 0 Å². The minimum absolute atomic E-state index is 1.08. The van der Waals surface area contributed by atoms with Crippen LogP contribution in [0.5, 0.6) is 0 Å². The molecular formula is C54H38N2. The maximum absolute atomic E-state index is 2.42. The summed E-state index contributed by atoms with van der Waals surface area (Å²) >= 11 is 0. The van der Waals surface area contributed by atoms with Gasteiger partial charge in [-0.3, -0.25) is 0 Å². The molecule has 0 amide bonds. The number of benzene rings is 9. The minimum Gasteiger partial charge on any atom is -0.310 e. The maximum Gasteiger partial charge on any atom is 0.0547 e. The second-order valence-corrected chi connectivity index (χ2v) is 14.2. The highest BCUT2D eigenvalue weighted by Crippen LogP contribution is 2.44. The molecule has 0 N–H and O–H groups in total. The average molecular weight is 715 g/mol. The Labute approximate surface area is 327 Å². The van der Waals surface area contributed by atoms with Crippen molar-refractivity contribution in [1.82, 2.24) is 4.57 Å². The van der Waals surface area contributed by atoms with Crippen LogP contribution in [0.1, 0.15) is 0 Å². The molecule has 0 atom stereocenters. The summed E-state index contributed by atoms with van der Waals surface area (Å²) in [7, 11) is 0. The van der Waals surface area contributed by atoms with Crippen LogP contribution in [0.3, 0.4) is 0 Å². The van der Waals surface area contributed by atoms with E-state index < -0.39 is 0 Å². The summed E-state index contributed by atoms with van der Waals surface area (Å²) in [5, 5.41) is 2.49. The lowest BCUT2D eigenvalue weighted by Gasteiger charge is -2.28. The third-order valence-corrected chi connectivity index (χ3v) is 10.7. The molecule has 9 aromatic carbocycles. The normalized spacial score (nSPS) is 11.2. The average Bonchev–Trinajstić information content (AvgIpc) is 3.62. The largest absolute Gasteiger partial charge is 0.310 e. The molecule has 2 heteroatoms. The molecule has 0 saturated heterocycles. The van der Waals surface area contributed by atoms with Crippen LogP contribution in [0.15, 0.2) is 231 Å². The number of para-hydroxylation sites is 2. The van der Waals surface area contributed by atoms with E-state index in [1.807, 2.05) is 0 Å². The molecule has 2 nitrogen and oxygen atoms in total. The molecule has 0 saturated carbocycles. The quantitative estimate of drug-likeness (QED) is 0.152. The molecule has 0 bridgehead atoms. The highest BCUT2D eigenvalue weighted by molar-refractivity contribution is 6.16. The number of aromatic nitrogens is 1. The Balaban J connectivity index is 1.20. The van der Waals surface area contributed by atoms with E-state index in [1.165, 1.54) is 60.8 Å². The van der Waals surface area contributed by atoms with Crippen LogP contribution in [0.25, 0.3) is 72.0 Å². The van der Waals surface area contributed by atoms with Crippen molar-refractivity contribution in [2.45, 2.75) is 0 Å². The Morgan fingerprint density at radius 3 is 1.36 bits per heavy atom. The molecule has 0 aliphatic rings. The van der Waals surface area contributed by atoms with Gasteiger partial charge in [-0.1, -0.05) is 164 Å². The van der Waals surface area contributed by atoms with Crippen LogP contribution in [-0.4, -0.2) is 4.57 Å². The Kier molecular flexibility index (Phi) is 8.55. The fraction of sp³-hybridized carbons (Fsp3) is 0. The number of rotatable bonds is 8. The molecule has 0 aliphatic carbocycles. The van der Waals surface area contributed by atoms with Gasteiger partial charge in [-0.15, -0.1) is 0 Å². The molecule has 0 unspecified atom stereocenters. The van der Waals surface area contributed by atoms with Crippen molar-refractivity contribution in [2.24, 2.45) is 0 Å². The van der Waals surface area contributed by atoms with Gasteiger partial charge in [0.15, 0.2) is 0 Å². The first-order valence-corrected chi connectivity index (χ1v) is 19.2. The van der Waals surface area contributed by atoms with Crippen LogP contribution in [0.2, 0.25) is 0 Å². The van der Waals surface area contributed by atoms with E-state index in [1.54, 1.807) is 0 Å². The van der Waals surface area contributed by atoms with E-state index in [0.717, 1.165) is 28.3 Å². The zero-order valence-corrected chi connectivity index (χ0v) is 30.8. The Hall–Kier alpha value is -7.42. The summed E-state index contributed by atoms with van der Waals surface area (Å²) in [6.07, 6.45) is 0. The molecule has 10 aromatic rings. The fourth-order valence-electron chi connectivity index (χ4n) is 8.16. The van der Waals surface area contributed by atoms with Crippen LogP contribution >= 0.6 is 0 Å². The number of fused-ring (bicyclic) bond motifs is 3. The first-order valence-electron chi connectivity index (χ1n) is 19.2. The zero-order valence-electron chi connectivity index (χ0n) is 30.8. The van der Waals surface area contributed by atoms with Crippen molar-refractivity contribution in [1.29, 1.82) is 0 Å². The van der Waals surface area contributed by atoms with E-state index in [2.05, 4.69) is 240 Å². The van der Waals surface area contributed by atoms with Crippen LogP contribution < -0.4 is 4.90 Å². The Morgan fingerprint density at radius 2 is 0.732 bits per heavy atom. The van der Waals surface area contributed by atoms with Crippen molar-refractivity contribution in [3.63, 3.8) is 0 Å². The molecule has 1 aromatic heterocycles. The molecule has 0 aliphatic heterocycles. The number of hydrogen-bond donors (Lipinski definition) is 0. The zero-order chi connectivity index (χ0) is 37.3. The third-order valence-electron chi connectivity index (χ3n) is 10.7. The number of hydrogen-bond acceptors (Lipinski definition) is 1.